The van der Waals surface area contributed by atoms with Crippen LogP contribution in [-0.4, -0.2) is 17.8 Å². The Kier molecular flexibility index (Phi) is 3.43. The Morgan fingerprint density at radius 2 is 2.05 bits per heavy atom. The molecule has 1 aliphatic carbocycles. The summed E-state index contributed by atoms with van der Waals surface area (Å²) in [7, 11) is 1.56. The van der Waals surface area contributed by atoms with Crippen LogP contribution >= 0.6 is 15.9 Å². The molecule has 0 radical (unpaired) electrons. The van der Waals surface area contributed by atoms with E-state index in [1.165, 1.54) is 12.8 Å². The average Bonchev–Trinajstić information content (AvgIpc) is 2.40. The SMILES string of the molecule is COc1cc2c(c(Br)c1O)C[C@@H]1C(C)(C)CCC[C@@]1(C)O2. The molecule has 0 spiro atoms. The number of phenolic OH excluding ortho intramolecular Hbond substituents is 1. The predicted octanol–water partition coefficient (Wildman–Crippen LogP) is 4.68. The molecule has 3 rings (SSSR count). The second kappa shape index (κ2) is 4.80. The van der Waals surface area contributed by atoms with Crippen molar-refractivity contribution in [1.29, 1.82) is 0 Å². The van der Waals surface area contributed by atoms with Crippen LogP contribution in [-0.2, 0) is 6.42 Å². The third-order valence-electron chi connectivity index (χ3n) is 5.41. The molecule has 3 nitrogen and oxygen atoms in total. The van der Waals surface area contributed by atoms with Crippen molar-refractivity contribution in [2.45, 2.75) is 52.1 Å². The Morgan fingerprint density at radius 3 is 2.71 bits per heavy atom. The van der Waals surface area contributed by atoms with Gasteiger partial charge in [-0.3, -0.25) is 0 Å². The van der Waals surface area contributed by atoms with Crippen LogP contribution in [0.15, 0.2) is 10.5 Å². The Balaban J connectivity index is 2.11. The summed E-state index contributed by atoms with van der Waals surface area (Å²) >= 11 is 3.52. The Morgan fingerprint density at radius 1 is 1.33 bits per heavy atom. The third kappa shape index (κ3) is 2.23. The van der Waals surface area contributed by atoms with E-state index < -0.39 is 0 Å². The van der Waals surface area contributed by atoms with Crippen molar-refractivity contribution < 1.29 is 14.6 Å². The highest BCUT2D eigenvalue weighted by Gasteiger charge is 2.51. The lowest BCUT2D eigenvalue weighted by atomic mass is 9.59. The summed E-state index contributed by atoms with van der Waals surface area (Å²) in [6.45, 7) is 6.90. The smallest absolute Gasteiger partial charge is 0.172 e. The summed E-state index contributed by atoms with van der Waals surface area (Å²) in [5, 5.41) is 10.2. The van der Waals surface area contributed by atoms with Gasteiger partial charge in [-0.1, -0.05) is 13.8 Å². The average molecular weight is 355 g/mol. The predicted molar refractivity (Wildman–Crippen MR) is 86.2 cm³/mol. The van der Waals surface area contributed by atoms with E-state index in [-0.39, 0.29) is 16.8 Å². The van der Waals surface area contributed by atoms with Gasteiger partial charge in [-0.15, -0.1) is 0 Å². The van der Waals surface area contributed by atoms with Crippen LogP contribution in [0.1, 0.15) is 45.6 Å². The molecule has 0 unspecified atom stereocenters. The van der Waals surface area contributed by atoms with Gasteiger partial charge in [0, 0.05) is 17.5 Å². The van der Waals surface area contributed by atoms with Gasteiger partial charge < -0.3 is 14.6 Å². The first-order chi connectivity index (χ1) is 9.78. The number of methoxy groups -OCH3 is 1. The quantitative estimate of drug-likeness (QED) is 0.795. The highest BCUT2D eigenvalue weighted by Crippen LogP contribution is 2.56. The molecule has 4 heteroatoms. The van der Waals surface area contributed by atoms with Gasteiger partial charge in [-0.2, -0.15) is 0 Å². The number of ether oxygens (including phenoxy) is 2. The molecule has 21 heavy (non-hydrogen) atoms. The van der Waals surface area contributed by atoms with E-state index in [0.717, 1.165) is 24.2 Å². The number of hydrogen-bond acceptors (Lipinski definition) is 3. The van der Waals surface area contributed by atoms with Gasteiger partial charge >= 0.3 is 0 Å². The number of hydrogen-bond donors (Lipinski definition) is 1. The summed E-state index contributed by atoms with van der Waals surface area (Å²) in [5.74, 6) is 1.91. The van der Waals surface area contributed by atoms with Crippen LogP contribution in [0.25, 0.3) is 0 Å². The van der Waals surface area contributed by atoms with Crippen LogP contribution in [0, 0.1) is 11.3 Å². The van der Waals surface area contributed by atoms with Crippen LogP contribution in [0.2, 0.25) is 0 Å². The zero-order valence-electron chi connectivity index (χ0n) is 13.1. The molecule has 0 amide bonds. The molecule has 116 valence electrons. The fraction of sp³-hybridized carbons (Fsp3) is 0.647. The molecule has 1 saturated carbocycles. The van der Waals surface area contributed by atoms with Crippen LogP contribution in [0.4, 0.5) is 0 Å². The summed E-state index contributed by atoms with van der Waals surface area (Å²) in [6, 6.07) is 1.82. The Labute approximate surface area is 134 Å². The van der Waals surface area contributed by atoms with Gasteiger partial charge in [0.2, 0.25) is 0 Å². The summed E-state index contributed by atoms with van der Waals surface area (Å²) < 4.78 is 12.4. The minimum Gasteiger partial charge on any atom is -0.503 e. The van der Waals surface area contributed by atoms with E-state index in [1.54, 1.807) is 7.11 Å². The first-order valence-corrected chi connectivity index (χ1v) is 8.35. The van der Waals surface area contributed by atoms with Gasteiger partial charge in [0.15, 0.2) is 11.5 Å². The summed E-state index contributed by atoms with van der Waals surface area (Å²) in [6.07, 6.45) is 4.44. The molecular weight excluding hydrogens is 332 g/mol. The molecule has 0 bridgehead atoms. The van der Waals surface area contributed by atoms with Crippen molar-refractivity contribution in [3.8, 4) is 17.2 Å². The highest BCUT2D eigenvalue weighted by atomic mass is 79.9. The second-order valence-corrected chi connectivity index (χ2v) is 8.02. The van der Waals surface area contributed by atoms with E-state index in [0.29, 0.717) is 16.1 Å². The van der Waals surface area contributed by atoms with E-state index in [4.69, 9.17) is 9.47 Å². The Bertz CT molecular complexity index is 582. The van der Waals surface area contributed by atoms with Gasteiger partial charge in [-0.05, 0) is 54.0 Å². The maximum atomic E-state index is 10.2. The first kappa shape index (κ1) is 15.0. The maximum Gasteiger partial charge on any atom is 0.172 e. The maximum absolute atomic E-state index is 10.2. The molecule has 2 atom stereocenters. The minimum absolute atomic E-state index is 0.129. The van der Waals surface area contributed by atoms with E-state index in [1.807, 2.05) is 6.07 Å². The number of aromatic hydroxyl groups is 1. The normalized spacial score (nSPS) is 30.0. The topological polar surface area (TPSA) is 38.7 Å². The molecule has 2 aliphatic rings. The zero-order chi connectivity index (χ0) is 15.4. The monoisotopic (exact) mass is 354 g/mol. The van der Waals surface area contributed by atoms with Crippen LogP contribution in [0.5, 0.6) is 17.2 Å². The van der Waals surface area contributed by atoms with E-state index in [9.17, 15) is 5.11 Å². The zero-order valence-corrected chi connectivity index (χ0v) is 14.7. The first-order valence-electron chi connectivity index (χ1n) is 7.56. The molecule has 0 aromatic heterocycles. The van der Waals surface area contributed by atoms with Crippen molar-refractivity contribution >= 4 is 15.9 Å². The lowest BCUT2D eigenvalue weighted by molar-refractivity contribution is -0.0819. The number of fused-ring (bicyclic) bond motifs is 2. The number of halogens is 1. The van der Waals surface area contributed by atoms with Gasteiger partial charge in [0.25, 0.3) is 0 Å². The molecule has 1 aliphatic heterocycles. The molecule has 1 heterocycles. The van der Waals surface area contributed by atoms with Crippen molar-refractivity contribution in [2.75, 3.05) is 7.11 Å². The molecule has 1 aromatic carbocycles. The summed E-state index contributed by atoms with van der Waals surface area (Å²) in [5.41, 5.74) is 1.18. The van der Waals surface area contributed by atoms with Crippen molar-refractivity contribution in [1.82, 2.24) is 0 Å². The fourth-order valence-electron chi connectivity index (χ4n) is 4.21. The standard InChI is InChI=1S/C17H23BrO3/c1-16(2)6-5-7-17(3)13(16)8-10-11(21-17)9-12(20-4)15(19)14(10)18/h9,13,19H,5-8H2,1-4H3/t13-,17-/m1/s1. The lowest BCUT2D eigenvalue weighted by Gasteiger charge is -2.53. The van der Waals surface area contributed by atoms with Crippen LogP contribution < -0.4 is 9.47 Å². The van der Waals surface area contributed by atoms with E-state index in [2.05, 4.69) is 36.7 Å². The fourth-order valence-corrected chi connectivity index (χ4v) is 4.76. The van der Waals surface area contributed by atoms with Crippen LogP contribution in [0.3, 0.4) is 0 Å². The molecule has 1 fully saturated rings. The van der Waals surface area contributed by atoms with Gasteiger partial charge in [0.05, 0.1) is 11.6 Å². The second-order valence-electron chi connectivity index (χ2n) is 7.23. The molecule has 1 aromatic rings. The molecular formula is C17H23BrO3. The number of phenols is 1. The van der Waals surface area contributed by atoms with Gasteiger partial charge in [-0.25, -0.2) is 0 Å². The number of rotatable bonds is 1. The molecule has 1 N–H and O–H groups in total. The van der Waals surface area contributed by atoms with Gasteiger partial charge in [0.1, 0.15) is 11.4 Å². The highest BCUT2D eigenvalue weighted by molar-refractivity contribution is 9.10. The molecule has 0 saturated heterocycles. The van der Waals surface area contributed by atoms with Crippen molar-refractivity contribution in [3.05, 3.63) is 16.1 Å². The lowest BCUT2D eigenvalue weighted by Crippen LogP contribution is -2.54. The van der Waals surface area contributed by atoms with Crippen molar-refractivity contribution in [2.24, 2.45) is 11.3 Å². The van der Waals surface area contributed by atoms with Crippen molar-refractivity contribution in [3.63, 3.8) is 0 Å². The largest absolute Gasteiger partial charge is 0.503 e. The van der Waals surface area contributed by atoms with E-state index >= 15 is 0 Å². The number of benzene rings is 1. The third-order valence-corrected chi connectivity index (χ3v) is 6.27. The minimum atomic E-state index is -0.129. The Hall–Kier alpha value is -0.900. The summed E-state index contributed by atoms with van der Waals surface area (Å²) in [4.78, 5) is 0.